The van der Waals surface area contributed by atoms with Crippen LogP contribution in [0.1, 0.15) is 16.1 Å². The van der Waals surface area contributed by atoms with Crippen molar-refractivity contribution >= 4 is 17.7 Å². The lowest BCUT2D eigenvalue weighted by Gasteiger charge is -1.99. The molecule has 1 aromatic heterocycles. The van der Waals surface area contributed by atoms with E-state index >= 15 is 0 Å². The third-order valence-corrected chi connectivity index (χ3v) is 2.61. The summed E-state index contributed by atoms with van der Waals surface area (Å²) in [7, 11) is 0. The van der Waals surface area contributed by atoms with Crippen LogP contribution in [0.2, 0.25) is 0 Å². The minimum absolute atomic E-state index is 0.220. The number of hydrogen-bond donors (Lipinski definition) is 2. The lowest BCUT2D eigenvalue weighted by atomic mass is 10.2. The van der Waals surface area contributed by atoms with Gasteiger partial charge in [0.1, 0.15) is 0 Å². The summed E-state index contributed by atoms with van der Waals surface area (Å²) in [4.78, 5) is 14.5. The van der Waals surface area contributed by atoms with Gasteiger partial charge in [0.25, 0.3) is 0 Å². The summed E-state index contributed by atoms with van der Waals surface area (Å²) in [6.07, 6.45) is 1.38. The van der Waals surface area contributed by atoms with E-state index in [-0.39, 0.29) is 5.56 Å². The van der Waals surface area contributed by atoms with Gasteiger partial charge < -0.3 is 10.8 Å². The fraction of sp³-hybridized carbons (Fsp3) is 0.333. The van der Waals surface area contributed by atoms with Gasteiger partial charge >= 0.3 is 5.97 Å². The Balaban J connectivity index is 2.51. The molecule has 1 rings (SSSR count). The summed E-state index contributed by atoms with van der Waals surface area (Å²) in [5, 5.41) is 8.63. The normalized spacial score (nSPS) is 10.1. The Morgan fingerprint density at radius 3 is 2.86 bits per heavy atom. The van der Waals surface area contributed by atoms with E-state index in [0.29, 0.717) is 6.54 Å². The zero-order valence-corrected chi connectivity index (χ0v) is 8.46. The fourth-order valence-electron chi connectivity index (χ4n) is 0.896. The summed E-state index contributed by atoms with van der Waals surface area (Å²) in [6.45, 7) is 0.651. The van der Waals surface area contributed by atoms with Crippen LogP contribution in [0, 0.1) is 0 Å². The number of pyridine rings is 1. The van der Waals surface area contributed by atoms with Crippen molar-refractivity contribution in [2.75, 3.05) is 12.3 Å². The first kappa shape index (κ1) is 11.0. The second-order valence-electron chi connectivity index (χ2n) is 2.68. The van der Waals surface area contributed by atoms with Gasteiger partial charge in [0.2, 0.25) is 0 Å². The highest BCUT2D eigenvalue weighted by Gasteiger charge is 2.02. The fourth-order valence-corrected chi connectivity index (χ4v) is 1.59. The van der Waals surface area contributed by atoms with E-state index in [0.717, 1.165) is 17.2 Å². The maximum atomic E-state index is 10.5. The number of thioether (sulfide) groups is 1. The van der Waals surface area contributed by atoms with Crippen LogP contribution >= 0.6 is 11.8 Å². The topological polar surface area (TPSA) is 76.2 Å². The molecule has 14 heavy (non-hydrogen) atoms. The Bertz CT molecular complexity index is 300. The molecule has 0 aromatic carbocycles. The number of carboxylic acids is 1. The van der Waals surface area contributed by atoms with E-state index in [2.05, 4.69) is 4.98 Å². The highest BCUT2D eigenvalue weighted by molar-refractivity contribution is 7.98. The molecule has 0 aliphatic rings. The van der Waals surface area contributed by atoms with Crippen molar-refractivity contribution in [3.8, 4) is 0 Å². The van der Waals surface area contributed by atoms with E-state index in [1.165, 1.54) is 6.20 Å². The van der Waals surface area contributed by atoms with Gasteiger partial charge in [-0.25, -0.2) is 4.79 Å². The predicted molar refractivity (Wildman–Crippen MR) is 56.4 cm³/mol. The molecule has 5 heteroatoms. The van der Waals surface area contributed by atoms with Gasteiger partial charge in [-0.1, -0.05) is 0 Å². The minimum Gasteiger partial charge on any atom is -0.478 e. The number of hydrogen-bond acceptors (Lipinski definition) is 4. The Labute approximate surface area is 86.5 Å². The van der Waals surface area contributed by atoms with Crippen LogP contribution in [0.3, 0.4) is 0 Å². The summed E-state index contributed by atoms with van der Waals surface area (Å²) in [6, 6.07) is 3.29. The van der Waals surface area contributed by atoms with Gasteiger partial charge in [-0.05, 0) is 12.1 Å². The van der Waals surface area contributed by atoms with Crippen LogP contribution in [-0.2, 0) is 5.75 Å². The Hall–Kier alpha value is -1.07. The third-order valence-electron chi connectivity index (χ3n) is 1.58. The average Bonchev–Trinajstić information content (AvgIpc) is 2.19. The van der Waals surface area contributed by atoms with Gasteiger partial charge in [0.05, 0.1) is 11.3 Å². The number of carbonyl (C=O) groups is 1. The average molecular weight is 212 g/mol. The molecule has 1 aromatic rings. The predicted octanol–water partition coefficient (Wildman–Crippen LogP) is 0.972. The lowest BCUT2D eigenvalue weighted by Crippen LogP contribution is -2.02. The molecule has 1 heterocycles. The zero-order valence-electron chi connectivity index (χ0n) is 7.64. The molecule has 0 aliphatic carbocycles. The lowest BCUT2D eigenvalue weighted by molar-refractivity contribution is 0.0696. The maximum Gasteiger partial charge on any atom is 0.337 e. The Morgan fingerprint density at radius 2 is 2.36 bits per heavy atom. The van der Waals surface area contributed by atoms with Gasteiger partial charge in [-0.3, -0.25) is 4.98 Å². The molecular weight excluding hydrogens is 200 g/mol. The first-order chi connectivity index (χ1) is 6.74. The number of nitrogens with two attached hydrogens (primary N) is 1. The number of carboxylic acid groups (broad SMARTS) is 1. The largest absolute Gasteiger partial charge is 0.478 e. The SMILES string of the molecule is NCCSCc1ccc(C(=O)O)cn1. The summed E-state index contributed by atoms with van der Waals surface area (Å²) < 4.78 is 0. The maximum absolute atomic E-state index is 10.5. The Morgan fingerprint density at radius 1 is 1.57 bits per heavy atom. The van der Waals surface area contributed by atoms with E-state index in [1.54, 1.807) is 23.9 Å². The van der Waals surface area contributed by atoms with Gasteiger partial charge in [0, 0.05) is 24.2 Å². The Kier molecular flexibility index (Phi) is 4.42. The van der Waals surface area contributed by atoms with Gasteiger partial charge in [0.15, 0.2) is 0 Å². The summed E-state index contributed by atoms with van der Waals surface area (Å²) >= 11 is 1.69. The van der Waals surface area contributed by atoms with Crippen molar-refractivity contribution in [3.63, 3.8) is 0 Å². The second kappa shape index (κ2) is 5.62. The van der Waals surface area contributed by atoms with Gasteiger partial charge in [-0.15, -0.1) is 0 Å². The van der Waals surface area contributed by atoms with Crippen LogP contribution in [-0.4, -0.2) is 28.4 Å². The van der Waals surface area contributed by atoms with Crippen molar-refractivity contribution in [2.45, 2.75) is 5.75 Å². The van der Waals surface area contributed by atoms with Crippen LogP contribution in [0.25, 0.3) is 0 Å². The highest BCUT2D eigenvalue weighted by atomic mass is 32.2. The number of aromatic carboxylic acids is 1. The number of nitrogens with zero attached hydrogens (tertiary/aromatic N) is 1. The van der Waals surface area contributed by atoms with E-state index in [4.69, 9.17) is 10.8 Å². The van der Waals surface area contributed by atoms with Gasteiger partial charge in [-0.2, -0.15) is 11.8 Å². The number of rotatable bonds is 5. The van der Waals surface area contributed by atoms with Crippen molar-refractivity contribution < 1.29 is 9.90 Å². The van der Waals surface area contributed by atoms with E-state index < -0.39 is 5.97 Å². The van der Waals surface area contributed by atoms with Crippen LogP contribution in [0.5, 0.6) is 0 Å². The van der Waals surface area contributed by atoms with E-state index in [1.807, 2.05) is 0 Å². The molecule has 3 N–H and O–H groups in total. The molecule has 76 valence electrons. The van der Waals surface area contributed by atoms with E-state index in [9.17, 15) is 4.79 Å². The third kappa shape index (κ3) is 3.35. The van der Waals surface area contributed by atoms with Crippen LogP contribution < -0.4 is 5.73 Å². The zero-order chi connectivity index (χ0) is 10.4. The standard InChI is InChI=1S/C9H12N2O2S/c10-3-4-14-6-8-2-1-7(5-11-8)9(12)13/h1-2,5H,3-4,6,10H2,(H,12,13). The monoisotopic (exact) mass is 212 g/mol. The quantitative estimate of drug-likeness (QED) is 0.711. The van der Waals surface area contributed by atoms with Crippen molar-refractivity contribution in [1.29, 1.82) is 0 Å². The molecule has 0 bridgehead atoms. The molecule has 0 amide bonds. The van der Waals surface area contributed by atoms with Crippen LogP contribution in [0.15, 0.2) is 18.3 Å². The van der Waals surface area contributed by atoms with Crippen molar-refractivity contribution in [2.24, 2.45) is 5.73 Å². The highest BCUT2D eigenvalue weighted by Crippen LogP contribution is 2.09. The summed E-state index contributed by atoms with van der Waals surface area (Å²) in [5.41, 5.74) is 6.44. The molecular formula is C9H12N2O2S. The minimum atomic E-state index is -0.946. The molecule has 0 radical (unpaired) electrons. The molecule has 0 unspecified atom stereocenters. The molecule has 0 spiro atoms. The molecule has 4 nitrogen and oxygen atoms in total. The first-order valence-corrected chi connectivity index (χ1v) is 5.35. The van der Waals surface area contributed by atoms with Crippen molar-refractivity contribution in [1.82, 2.24) is 4.98 Å². The van der Waals surface area contributed by atoms with Crippen molar-refractivity contribution in [3.05, 3.63) is 29.6 Å². The second-order valence-corrected chi connectivity index (χ2v) is 3.79. The molecule has 0 saturated heterocycles. The van der Waals surface area contributed by atoms with Crippen LogP contribution in [0.4, 0.5) is 0 Å². The smallest absolute Gasteiger partial charge is 0.337 e. The molecule has 0 fully saturated rings. The molecule has 0 aliphatic heterocycles. The molecule has 0 saturated carbocycles. The molecule has 0 atom stereocenters. The number of aromatic nitrogens is 1. The summed E-state index contributed by atoms with van der Waals surface area (Å²) in [5.74, 6) is 0.720. The first-order valence-electron chi connectivity index (χ1n) is 4.20.